The Labute approximate surface area is 148 Å². The summed E-state index contributed by atoms with van der Waals surface area (Å²) in [6, 6.07) is 12.7. The molecule has 1 aliphatic rings. The molecule has 0 spiro atoms. The van der Waals surface area contributed by atoms with E-state index in [-0.39, 0.29) is 23.6 Å². The third kappa shape index (κ3) is 4.58. The second kappa shape index (κ2) is 7.67. The van der Waals surface area contributed by atoms with Crippen LogP contribution in [0.25, 0.3) is 0 Å². The largest absolute Gasteiger partial charge is 0.491 e. The van der Waals surface area contributed by atoms with Gasteiger partial charge in [0.1, 0.15) is 24.3 Å². The van der Waals surface area contributed by atoms with Gasteiger partial charge in [-0.2, -0.15) is 0 Å². The van der Waals surface area contributed by atoms with Gasteiger partial charge in [0.2, 0.25) is 5.91 Å². The fraction of sp³-hybridized carbons (Fsp3) is 0.222. The van der Waals surface area contributed by atoms with E-state index < -0.39 is 11.4 Å². The zero-order valence-corrected chi connectivity index (χ0v) is 14.0. The molecule has 0 saturated carbocycles. The van der Waals surface area contributed by atoms with Crippen molar-refractivity contribution in [2.24, 2.45) is 0 Å². The van der Waals surface area contributed by atoms with Gasteiger partial charge in [0.15, 0.2) is 0 Å². The lowest BCUT2D eigenvalue weighted by molar-refractivity contribution is -0.118. The van der Waals surface area contributed by atoms with Crippen molar-refractivity contribution in [2.75, 3.05) is 6.61 Å². The summed E-state index contributed by atoms with van der Waals surface area (Å²) < 4.78 is 18.4. The summed E-state index contributed by atoms with van der Waals surface area (Å²) in [5.41, 5.74) is 1.49. The van der Waals surface area contributed by atoms with Crippen LogP contribution in [0.3, 0.4) is 0 Å². The Morgan fingerprint density at radius 1 is 1.12 bits per heavy atom. The lowest BCUT2D eigenvalue weighted by Crippen LogP contribution is -2.25. The number of imide groups is 1. The molecule has 0 aliphatic carbocycles. The standard InChI is InChI=1S/C18H16FNO4S/c19-13-5-3-12(4-6-13)15(21)10-24-14-7-1-11(2-8-14)9-16-17(22)20-18(23)25-16/h1-8,15-16,21H,9-10H2,(H,20,22,23)/t15-,16?/m1/s1. The smallest absolute Gasteiger partial charge is 0.286 e. The van der Waals surface area contributed by atoms with Crippen LogP contribution < -0.4 is 10.1 Å². The van der Waals surface area contributed by atoms with Gasteiger partial charge in [0, 0.05) is 0 Å². The van der Waals surface area contributed by atoms with Crippen LogP contribution in [0.4, 0.5) is 9.18 Å². The van der Waals surface area contributed by atoms with Crippen molar-refractivity contribution < 1.29 is 23.8 Å². The summed E-state index contributed by atoms with van der Waals surface area (Å²) in [5, 5.41) is 11.6. The Morgan fingerprint density at radius 2 is 1.80 bits per heavy atom. The van der Waals surface area contributed by atoms with E-state index in [0.29, 0.717) is 17.7 Å². The fourth-order valence-electron chi connectivity index (χ4n) is 2.42. The normalized spacial score (nSPS) is 18.1. The molecule has 7 heteroatoms. The number of rotatable bonds is 6. The number of carbonyl (C=O) groups is 2. The van der Waals surface area contributed by atoms with Crippen molar-refractivity contribution in [2.45, 2.75) is 17.8 Å². The molecular formula is C18H16FNO4S. The van der Waals surface area contributed by atoms with Crippen molar-refractivity contribution in [1.29, 1.82) is 0 Å². The SMILES string of the molecule is O=C1NC(=O)C(Cc2ccc(OC[C@@H](O)c3ccc(F)cc3)cc2)S1. The van der Waals surface area contributed by atoms with Crippen molar-refractivity contribution in [3.8, 4) is 5.75 Å². The molecule has 130 valence electrons. The topological polar surface area (TPSA) is 75.6 Å². The second-order valence-electron chi connectivity index (χ2n) is 5.61. The van der Waals surface area contributed by atoms with Crippen LogP contribution in [0.1, 0.15) is 17.2 Å². The van der Waals surface area contributed by atoms with Crippen LogP contribution in [0.15, 0.2) is 48.5 Å². The molecule has 1 heterocycles. The van der Waals surface area contributed by atoms with E-state index in [0.717, 1.165) is 17.3 Å². The zero-order chi connectivity index (χ0) is 17.8. The summed E-state index contributed by atoms with van der Waals surface area (Å²) in [6.07, 6.45) is -0.398. The molecule has 5 nitrogen and oxygen atoms in total. The first-order valence-corrected chi connectivity index (χ1v) is 8.56. The van der Waals surface area contributed by atoms with Crippen molar-refractivity contribution >= 4 is 22.9 Å². The van der Waals surface area contributed by atoms with E-state index in [1.807, 2.05) is 12.1 Å². The summed E-state index contributed by atoms with van der Waals surface area (Å²) in [6.45, 7) is 0.0420. The number of thioether (sulfide) groups is 1. The highest BCUT2D eigenvalue weighted by atomic mass is 32.2. The van der Waals surface area contributed by atoms with Gasteiger partial charge >= 0.3 is 0 Å². The first-order chi connectivity index (χ1) is 12.0. The van der Waals surface area contributed by atoms with Gasteiger partial charge in [0.05, 0.1) is 5.25 Å². The lowest BCUT2D eigenvalue weighted by atomic mass is 10.1. The van der Waals surface area contributed by atoms with Crippen LogP contribution >= 0.6 is 11.8 Å². The molecule has 2 aromatic rings. The molecule has 2 atom stereocenters. The number of nitrogens with one attached hydrogen (secondary N) is 1. The average Bonchev–Trinajstić information content (AvgIpc) is 2.92. The number of aliphatic hydroxyl groups excluding tert-OH is 1. The van der Waals surface area contributed by atoms with E-state index in [4.69, 9.17) is 4.74 Å². The molecule has 2 N–H and O–H groups in total. The number of amides is 2. The van der Waals surface area contributed by atoms with E-state index >= 15 is 0 Å². The van der Waals surface area contributed by atoms with Crippen molar-refractivity contribution in [3.63, 3.8) is 0 Å². The Bertz CT molecular complexity index is 764. The van der Waals surface area contributed by atoms with Crippen LogP contribution in [0.5, 0.6) is 5.75 Å². The van der Waals surface area contributed by atoms with Crippen LogP contribution in [0, 0.1) is 5.82 Å². The van der Waals surface area contributed by atoms with Gasteiger partial charge < -0.3 is 9.84 Å². The summed E-state index contributed by atoms with van der Waals surface area (Å²) >= 11 is 0.995. The fourth-order valence-corrected chi connectivity index (χ4v) is 3.28. The second-order valence-corrected chi connectivity index (χ2v) is 6.79. The van der Waals surface area contributed by atoms with Crippen molar-refractivity contribution in [1.82, 2.24) is 5.32 Å². The van der Waals surface area contributed by atoms with Gasteiger partial charge in [-0.3, -0.25) is 14.9 Å². The van der Waals surface area contributed by atoms with Crippen LogP contribution in [0.2, 0.25) is 0 Å². The zero-order valence-electron chi connectivity index (χ0n) is 13.1. The Morgan fingerprint density at radius 3 is 2.40 bits per heavy atom. The molecule has 0 aromatic heterocycles. The Kier molecular flexibility index (Phi) is 5.35. The van der Waals surface area contributed by atoms with E-state index in [2.05, 4.69) is 5.32 Å². The molecular weight excluding hydrogens is 345 g/mol. The van der Waals surface area contributed by atoms with Gasteiger partial charge in [-0.1, -0.05) is 36.0 Å². The molecule has 2 amide bonds. The maximum atomic E-state index is 12.9. The highest BCUT2D eigenvalue weighted by Crippen LogP contribution is 2.24. The van der Waals surface area contributed by atoms with Gasteiger partial charge in [0.25, 0.3) is 5.24 Å². The first-order valence-electron chi connectivity index (χ1n) is 7.68. The minimum absolute atomic E-state index is 0.0420. The highest BCUT2D eigenvalue weighted by molar-refractivity contribution is 8.15. The highest BCUT2D eigenvalue weighted by Gasteiger charge is 2.31. The molecule has 1 saturated heterocycles. The molecule has 1 aliphatic heterocycles. The lowest BCUT2D eigenvalue weighted by Gasteiger charge is -2.13. The minimum Gasteiger partial charge on any atom is -0.491 e. The number of hydrogen-bond acceptors (Lipinski definition) is 5. The number of carbonyl (C=O) groups excluding carboxylic acids is 2. The summed E-state index contributed by atoms with van der Waals surface area (Å²) in [4.78, 5) is 22.7. The molecule has 0 radical (unpaired) electrons. The molecule has 3 rings (SSSR count). The summed E-state index contributed by atoms with van der Waals surface area (Å²) in [5.74, 6) is -0.0504. The Balaban J connectivity index is 1.53. The van der Waals surface area contributed by atoms with Gasteiger partial charge in [-0.15, -0.1) is 0 Å². The molecule has 2 aromatic carbocycles. The number of halogens is 1. The molecule has 0 bridgehead atoms. The number of benzene rings is 2. The summed E-state index contributed by atoms with van der Waals surface area (Å²) in [7, 11) is 0. The predicted molar refractivity (Wildman–Crippen MR) is 91.9 cm³/mol. The average molecular weight is 361 g/mol. The number of ether oxygens (including phenoxy) is 1. The minimum atomic E-state index is -0.857. The third-order valence-electron chi connectivity index (χ3n) is 3.77. The Hall–Kier alpha value is -2.38. The van der Waals surface area contributed by atoms with E-state index in [9.17, 15) is 19.1 Å². The number of hydrogen-bond donors (Lipinski definition) is 2. The molecule has 1 unspecified atom stereocenters. The van der Waals surface area contributed by atoms with E-state index in [1.165, 1.54) is 24.3 Å². The van der Waals surface area contributed by atoms with Crippen LogP contribution in [-0.4, -0.2) is 28.1 Å². The van der Waals surface area contributed by atoms with E-state index in [1.54, 1.807) is 12.1 Å². The third-order valence-corrected chi connectivity index (χ3v) is 4.76. The van der Waals surface area contributed by atoms with Crippen molar-refractivity contribution in [3.05, 3.63) is 65.5 Å². The quantitative estimate of drug-likeness (QED) is 0.827. The van der Waals surface area contributed by atoms with Gasteiger partial charge in [-0.25, -0.2) is 4.39 Å². The molecule has 25 heavy (non-hydrogen) atoms. The molecule has 1 fully saturated rings. The maximum Gasteiger partial charge on any atom is 0.286 e. The monoisotopic (exact) mass is 361 g/mol. The first kappa shape index (κ1) is 17.4. The maximum absolute atomic E-state index is 12.9. The predicted octanol–water partition coefficient (Wildman–Crippen LogP) is 2.83. The van der Waals surface area contributed by atoms with Gasteiger partial charge in [-0.05, 0) is 41.8 Å². The van der Waals surface area contributed by atoms with Crippen LogP contribution in [-0.2, 0) is 11.2 Å². The number of aliphatic hydroxyl groups is 1.